The summed E-state index contributed by atoms with van der Waals surface area (Å²) in [5.74, 6) is -1.56. The van der Waals surface area contributed by atoms with Gasteiger partial charge in [0.2, 0.25) is 0 Å². The minimum Gasteiger partial charge on any atom is -0.480 e. The van der Waals surface area contributed by atoms with Gasteiger partial charge in [0.05, 0.1) is 0 Å². The van der Waals surface area contributed by atoms with Crippen LogP contribution in [0.25, 0.3) is 0 Å². The molecule has 0 aliphatic rings. The Bertz CT molecular complexity index is 228. The number of carbonyl (C=O) groups excluding carboxylic acids is 1. The Hall–Kier alpha value is -0.630. The molecule has 0 saturated carbocycles. The van der Waals surface area contributed by atoms with Gasteiger partial charge in [0.1, 0.15) is 3.42 Å². The first kappa shape index (κ1) is 15.8. The summed E-state index contributed by atoms with van der Waals surface area (Å²) in [6, 6.07) is 0. The van der Waals surface area contributed by atoms with Crippen LogP contribution in [-0.2, 0) is 14.5 Å². The van der Waals surface area contributed by atoms with E-state index in [1.165, 1.54) is 6.92 Å². The standard InChI is InChI=1S/C4H7IO2.C4H6O3/c1-4(2,5)3(6)7;1-3(2)4(5)7-6/h1-2H3,(H,6,7);6H,1H2,2H3. The summed E-state index contributed by atoms with van der Waals surface area (Å²) in [6.07, 6.45) is 0. The van der Waals surface area contributed by atoms with E-state index in [1.807, 2.05) is 22.6 Å². The number of carboxylic acid groups (broad SMARTS) is 1. The molecule has 0 aromatic carbocycles. The van der Waals surface area contributed by atoms with Crippen LogP contribution in [0.3, 0.4) is 0 Å². The van der Waals surface area contributed by atoms with Crippen molar-refractivity contribution in [1.82, 2.24) is 0 Å². The second kappa shape index (κ2) is 6.77. The Balaban J connectivity index is 0. The molecule has 0 aromatic rings. The van der Waals surface area contributed by atoms with Gasteiger partial charge in [-0.05, 0) is 20.8 Å². The molecule has 82 valence electrons. The van der Waals surface area contributed by atoms with Crippen molar-refractivity contribution in [3.63, 3.8) is 0 Å². The van der Waals surface area contributed by atoms with Crippen LogP contribution in [0.2, 0.25) is 0 Å². The molecule has 0 radical (unpaired) electrons. The number of rotatable bonds is 2. The van der Waals surface area contributed by atoms with Gasteiger partial charge < -0.3 is 5.11 Å². The molecule has 0 amide bonds. The summed E-state index contributed by atoms with van der Waals surface area (Å²) in [5, 5.41) is 15.8. The van der Waals surface area contributed by atoms with Gasteiger partial charge in [0.15, 0.2) is 0 Å². The summed E-state index contributed by atoms with van der Waals surface area (Å²) in [5.41, 5.74) is 0.183. The molecule has 0 aliphatic carbocycles. The number of aliphatic carboxylic acids is 1. The van der Waals surface area contributed by atoms with Crippen LogP contribution in [0.1, 0.15) is 20.8 Å². The Labute approximate surface area is 95.8 Å². The Morgan fingerprint density at radius 3 is 1.71 bits per heavy atom. The highest BCUT2D eigenvalue weighted by Crippen LogP contribution is 2.15. The van der Waals surface area contributed by atoms with Crippen LogP contribution >= 0.6 is 22.6 Å². The number of halogens is 1. The molecule has 0 bridgehead atoms. The van der Waals surface area contributed by atoms with Crippen molar-refractivity contribution in [1.29, 1.82) is 0 Å². The van der Waals surface area contributed by atoms with Crippen LogP contribution < -0.4 is 0 Å². The zero-order chi connectivity index (χ0) is 11.9. The molecule has 0 spiro atoms. The zero-order valence-electron chi connectivity index (χ0n) is 8.20. The van der Waals surface area contributed by atoms with E-state index in [2.05, 4.69) is 11.5 Å². The first-order chi connectivity index (χ1) is 6.12. The van der Waals surface area contributed by atoms with Crippen molar-refractivity contribution < 1.29 is 24.8 Å². The van der Waals surface area contributed by atoms with Crippen molar-refractivity contribution in [2.24, 2.45) is 0 Å². The second-order valence-electron chi connectivity index (χ2n) is 2.94. The molecule has 5 nitrogen and oxygen atoms in total. The molecule has 6 heteroatoms. The second-order valence-corrected chi connectivity index (χ2v) is 5.63. The van der Waals surface area contributed by atoms with Gasteiger partial charge in [-0.2, -0.15) is 5.26 Å². The van der Waals surface area contributed by atoms with Gasteiger partial charge in [0.25, 0.3) is 0 Å². The maximum atomic E-state index is 10.0. The van der Waals surface area contributed by atoms with Crippen LogP contribution in [0.15, 0.2) is 12.2 Å². The van der Waals surface area contributed by atoms with Crippen LogP contribution in [0, 0.1) is 0 Å². The van der Waals surface area contributed by atoms with Gasteiger partial charge in [0, 0.05) is 5.57 Å². The van der Waals surface area contributed by atoms with E-state index < -0.39 is 15.4 Å². The predicted molar refractivity (Wildman–Crippen MR) is 59.3 cm³/mol. The third kappa shape index (κ3) is 9.46. The first-order valence-electron chi connectivity index (χ1n) is 3.56. The molecule has 0 aliphatic heterocycles. The van der Waals surface area contributed by atoms with E-state index in [-0.39, 0.29) is 5.57 Å². The minimum atomic E-state index is -0.792. The van der Waals surface area contributed by atoms with E-state index in [0.717, 1.165) is 0 Å². The normalized spacial score (nSPS) is 9.50. The number of carboxylic acids is 1. The molecule has 0 rings (SSSR count). The van der Waals surface area contributed by atoms with E-state index in [1.54, 1.807) is 13.8 Å². The highest BCUT2D eigenvalue weighted by molar-refractivity contribution is 14.1. The summed E-state index contributed by atoms with van der Waals surface area (Å²) >= 11 is 1.87. The fourth-order valence-corrected chi connectivity index (χ4v) is 0.0779. The summed E-state index contributed by atoms with van der Waals surface area (Å²) < 4.78 is -0.613. The topological polar surface area (TPSA) is 83.8 Å². The smallest absolute Gasteiger partial charge is 0.367 e. The number of carbonyl (C=O) groups is 2. The molecular formula is C8H13IO5. The summed E-state index contributed by atoms with van der Waals surface area (Å²) in [7, 11) is 0. The van der Waals surface area contributed by atoms with E-state index in [0.29, 0.717) is 0 Å². The van der Waals surface area contributed by atoms with Crippen molar-refractivity contribution >= 4 is 34.5 Å². The first-order valence-corrected chi connectivity index (χ1v) is 4.64. The lowest BCUT2D eigenvalue weighted by atomic mass is 10.2. The quantitative estimate of drug-likeness (QED) is 0.267. The number of alkyl halides is 1. The predicted octanol–water partition coefficient (Wildman–Crippen LogP) is 1.86. The van der Waals surface area contributed by atoms with Crippen molar-refractivity contribution in [2.45, 2.75) is 24.2 Å². The van der Waals surface area contributed by atoms with Crippen molar-refractivity contribution in [3.05, 3.63) is 12.2 Å². The van der Waals surface area contributed by atoms with Gasteiger partial charge in [-0.25, -0.2) is 4.79 Å². The zero-order valence-corrected chi connectivity index (χ0v) is 10.4. The molecule has 0 saturated heterocycles. The molecule has 2 N–H and O–H groups in total. The summed E-state index contributed by atoms with van der Waals surface area (Å²) in [4.78, 5) is 23.2. The Kier molecular flexibility index (Phi) is 7.65. The largest absolute Gasteiger partial charge is 0.480 e. The lowest BCUT2D eigenvalue weighted by molar-refractivity contribution is -0.229. The van der Waals surface area contributed by atoms with Crippen LogP contribution in [0.4, 0.5) is 0 Å². The molecule has 0 atom stereocenters. The molecule has 0 heterocycles. The third-order valence-corrected chi connectivity index (χ3v) is 1.40. The molecule has 0 unspecified atom stereocenters. The Morgan fingerprint density at radius 1 is 1.43 bits per heavy atom. The van der Waals surface area contributed by atoms with E-state index in [9.17, 15) is 9.59 Å². The molecular weight excluding hydrogens is 303 g/mol. The lowest BCUT2D eigenvalue weighted by Crippen LogP contribution is -2.22. The third-order valence-electron chi connectivity index (χ3n) is 0.940. The maximum absolute atomic E-state index is 10.0. The SMILES string of the molecule is C=C(C)C(=O)OO.CC(C)(I)C(=O)O. The fraction of sp³-hybridized carbons (Fsp3) is 0.500. The van der Waals surface area contributed by atoms with Gasteiger partial charge in [-0.1, -0.05) is 29.2 Å². The molecule has 0 aromatic heterocycles. The van der Waals surface area contributed by atoms with Gasteiger partial charge >= 0.3 is 11.9 Å². The Morgan fingerprint density at radius 2 is 1.71 bits per heavy atom. The van der Waals surface area contributed by atoms with E-state index >= 15 is 0 Å². The average Bonchev–Trinajstić information content (AvgIpc) is 2.02. The fourth-order valence-electron chi connectivity index (χ4n) is 0.0779. The molecule has 14 heavy (non-hydrogen) atoms. The van der Waals surface area contributed by atoms with Crippen molar-refractivity contribution in [3.8, 4) is 0 Å². The summed E-state index contributed by atoms with van der Waals surface area (Å²) in [6.45, 7) is 7.93. The van der Waals surface area contributed by atoms with Crippen LogP contribution in [0.5, 0.6) is 0 Å². The monoisotopic (exact) mass is 316 g/mol. The highest BCUT2D eigenvalue weighted by atomic mass is 127. The van der Waals surface area contributed by atoms with Gasteiger partial charge in [-0.15, -0.1) is 0 Å². The molecule has 0 fully saturated rings. The lowest BCUT2D eigenvalue weighted by Gasteiger charge is -2.06. The van der Waals surface area contributed by atoms with Gasteiger partial charge in [-0.3, -0.25) is 9.68 Å². The van der Waals surface area contributed by atoms with Crippen molar-refractivity contribution in [2.75, 3.05) is 0 Å². The van der Waals surface area contributed by atoms with Crippen LogP contribution in [-0.4, -0.2) is 25.7 Å². The number of hydrogen-bond acceptors (Lipinski definition) is 4. The maximum Gasteiger partial charge on any atom is 0.367 e. The highest BCUT2D eigenvalue weighted by Gasteiger charge is 2.21. The number of hydrogen-bond donors (Lipinski definition) is 2. The van der Waals surface area contributed by atoms with E-state index in [4.69, 9.17) is 10.4 Å². The minimum absolute atomic E-state index is 0.183. The average molecular weight is 316 g/mol.